The summed E-state index contributed by atoms with van der Waals surface area (Å²) in [6.45, 7) is 5.27. The van der Waals surface area contributed by atoms with Crippen molar-refractivity contribution in [2.75, 3.05) is 10.6 Å². The van der Waals surface area contributed by atoms with E-state index in [1.54, 1.807) is 32.9 Å². The number of hydrogen-bond donors (Lipinski definition) is 6. The highest BCUT2D eigenvalue weighted by Crippen LogP contribution is 2.21. The monoisotopic (exact) mass is 541 g/mol. The molecule has 3 rings (SSSR count). The van der Waals surface area contributed by atoms with Crippen LogP contribution in [0, 0.1) is 0 Å². The molecule has 0 spiro atoms. The van der Waals surface area contributed by atoms with E-state index in [1.807, 2.05) is 0 Å². The molecule has 0 radical (unpaired) electrons. The summed E-state index contributed by atoms with van der Waals surface area (Å²) in [6, 6.07) is 4.79. The summed E-state index contributed by atoms with van der Waals surface area (Å²) >= 11 is 0. The van der Waals surface area contributed by atoms with Crippen molar-refractivity contribution in [2.45, 2.75) is 51.8 Å². The SMILES string of the molecule is CC(C)(C)OC(=O)Nc1nc(O)c2nc(CNc3ccc(C(=O)N[C@@H](CCC(=O)O)C(=O)O)cc3)cnc2n1. The molecule has 0 bridgehead atoms. The first-order chi connectivity index (χ1) is 18.3. The third-order valence-electron chi connectivity index (χ3n) is 4.92. The maximum absolute atomic E-state index is 12.4. The highest BCUT2D eigenvalue weighted by atomic mass is 16.6. The number of nitrogens with zero attached hydrogens (tertiary/aromatic N) is 4. The van der Waals surface area contributed by atoms with E-state index >= 15 is 0 Å². The number of anilines is 2. The Balaban J connectivity index is 1.62. The van der Waals surface area contributed by atoms with E-state index in [1.165, 1.54) is 18.3 Å². The van der Waals surface area contributed by atoms with Gasteiger partial charge in [0.2, 0.25) is 11.8 Å². The Morgan fingerprint density at radius 3 is 2.33 bits per heavy atom. The number of rotatable bonds is 10. The molecule has 0 saturated carbocycles. The highest BCUT2D eigenvalue weighted by molar-refractivity contribution is 5.97. The van der Waals surface area contributed by atoms with Crippen molar-refractivity contribution in [1.29, 1.82) is 0 Å². The fourth-order valence-electron chi connectivity index (χ4n) is 3.16. The molecular formula is C24H27N7O8. The Morgan fingerprint density at radius 1 is 1.03 bits per heavy atom. The molecular weight excluding hydrogens is 514 g/mol. The van der Waals surface area contributed by atoms with Crippen molar-refractivity contribution in [3.05, 3.63) is 41.7 Å². The lowest BCUT2D eigenvalue weighted by Gasteiger charge is -2.19. The van der Waals surface area contributed by atoms with Crippen LogP contribution in [0.15, 0.2) is 30.5 Å². The minimum Gasteiger partial charge on any atom is -0.492 e. The van der Waals surface area contributed by atoms with Crippen molar-refractivity contribution in [1.82, 2.24) is 25.3 Å². The van der Waals surface area contributed by atoms with Crippen LogP contribution in [-0.2, 0) is 20.9 Å². The second-order valence-corrected chi connectivity index (χ2v) is 9.26. The maximum atomic E-state index is 12.4. The van der Waals surface area contributed by atoms with Gasteiger partial charge in [-0.05, 0) is 51.5 Å². The quantitative estimate of drug-likeness (QED) is 0.216. The molecule has 15 nitrogen and oxygen atoms in total. The zero-order chi connectivity index (χ0) is 28.7. The molecule has 0 aliphatic carbocycles. The molecule has 3 aromatic rings. The van der Waals surface area contributed by atoms with Gasteiger partial charge in [0.1, 0.15) is 11.6 Å². The molecule has 0 saturated heterocycles. The number of aromatic hydroxyl groups is 1. The van der Waals surface area contributed by atoms with Gasteiger partial charge in [0, 0.05) is 17.7 Å². The summed E-state index contributed by atoms with van der Waals surface area (Å²) in [5.41, 5.74) is 0.558. The van der Waals surface area contributed by atoms with Crippen molar-refractivity contribution >= 4 is 46.7 Å². The van der Waals surface area contributed by atoms with Gasteiger partial charge in [0.05, 0.1) is 18.4 Å². The molecule has 2 aromatic heterocycles. The van der Waals surface area contributed by atoms with E-state index in [0.717, 1.165) is 0 Å². The van der Waals surface area contributed by atoms with Gasteiger partial charge in [-0.3, -0.25) is 14.9 Å². The van der Waals surface area contributed by atoms with Gasteiger partial charge in [-0.15, -0.1) is 0 Å². The molecule has 2 heterocycles. The standard InChI is InChI=1S/C24H27N7O8/c1-24(2,3)39-23(38)31-22-29-18-17(20(35)30-22)27-14(11-26-18)10-25-13-6-4-12(5-7-13)19(34)28-15(21(36)37)8-9-16(32)33/h4-7,11,15,25H,8-10H2,1-3H3,(H,28,34)(H,32,33)(H,36,37)(H2,26,29,30,31,35,38)/t15-/m0/s1. The van der Waals surface area contributed by atoms with Crippen LogP contribution >= 0.6 is 0 Å². The summed E-state index contributed by atoms with van der Waals surface area (Å²) in [5, 5.41) is 35.9. The molecule has 2 amide bonds. The molecule has 0 fully saturated rings. The highest BCUT2D eigenvalue weighted by Gasteiger charge is 2.22. The topological polar surface area (TPSA) is 226 Å². The van der Waals surface area contributed by atoms with Crippen LogP contribution in [0.5, 0.6) is 5.88 Å². The summed E-state index contributed by atoms with van der Waals surface area (Å²) < 4.78 is 5.13. The molecule has 0 aliphatic rings. The van der Waals surface area contributed by atoms with Crippen LogP contribution in [0.25, 0.3) is 11.2 Å². The third kappa shape index (κ3) is 8.48. The number of carboxylic acid groups (broad SMARTS) is 2. The number of fused-ring (bicyclic) bond motifs is 1. The van der Waals surface area contributed by atoms with Gasteiger partial charge < -0.3 is 30.7 Å². The predicted molar refractivity (Wildman–Crippen MR) is 136 cm³/mol. The Hall–Kier alpha value is -5.08. The molecule has 206 valence electrons. The predicted octanol–water partition coefficient (Wildman–Crippen LogP) is 2.13. The summed E-state index contributed by atoms with van der Waals surface area (Å²) in [4.78, 5) is 62.6. The van der Waals surface area contributed by atoms with E-state index in [2.05, 4.69) is 35.9 Å². The molecule has 0 unspecified atom stereocenters. The molecule has 15 heteroatoms. The normalized spacial score (nSPS) is 11.9. The van der Waals surface area contributed by atoms with Gasteiger partial charge in [0.25, 0.3) is 5.91 Å². The first-order valence-electron chi connectivity index (χ1n) is 11.6. The number of carbonyl (C=O) groups excluding carboxylic acids is 2. The zero-order valence-corrected chi connectivity index (χ0v) is 21.3. The van der Waals surface area contributed by atoms with Gasteiger partial charge in [0.15, 0.2) is 11.2 Å². The molecule has 1 aromatic carbocycles. The van der Waals surface area contributed by atoms with Crippen molar-refractivity contribution < 1.29 is 39.2 Å². The fourth-order valence-corrected chi connectivity index (χ4v) is 3.16. The number of carbonyl (C=O) groups is 4. The summed E-state index contributed by atoms with van der Waals surface area (Å²) in [7, 11) is 0. The molecule has 39 heavy (non-hydrogen) atoms. The lowest BCUT2D eigenvalue weighted by atomic mass is 10.1. The van der Waals surface area contributed by atoms with Crippen LogP contribution in [0.1, 0.15) is 49.7 Å². The number of carboxylic acids is 2. The van der Waals surface area contributed by atoms with Gasteiger partial charge >= 0.3 is 18.0 Å². The van der Waals surface area contributed by atoms with Crippen molar-refractivity contribution in [3.8, 4) is 5.88 Å². The van der Waals surface area contributed by atoms with Gasteiger partial charge in [-0.1, -0.05) is 0 Å². The Kier molecular flexibility index (Phi) is 8.75. The number of ether oxygens (including phenoxy) is 1. The smallest absolute Gasteiger partial charge is 0.414 e. The average molecular weight is 542 g/mol. The maximum Gasteiger partial charge on any atom is 0.414 e. The van der Waals surface area contributed by atoms with E-state index in [-0.39, 0.29) is 35.6 Å². The fraction of sp³-hybridized carbons (Fsp3) is 0.333. The number of aromatic nitrogens is 4. The Labute approximate surface area is 221 Å². The number of nitrogens with one attached hydrogen (secondary N) is 3. The van der Waals surface area contributed by atoms with Crippen molar-refractivity contribution in [2.24, 2.45) is 0 Å². The molecule has 0 aliphatic heterocycles. The lowest BCUT2D eigenvalue weighted by Crippen LogP contribution is -2.41. The minimum atomic E-state index is -1.33. The minimum absolute atomic E-state index is 0.0203. The van der Waals surface area contributed by atoms with Crippen LogP contribution in [0.4, 0.5) is 16.4 Å². The van der Waals surface area contributed by atoms with E-state index in [0.29, 0.717) is 11.4 Å². The van der Waals surface area contributed by atoms with Gasteiger partial charge in [-0.2, -0.15) is 9.97 Å². The van der Waals surface area contributed by atoms with Gasteiger partial charge in [-0.25, -0.2) is 19.6 Å². The largest absolute Gasteiger partial charge is 0.492 e. The first kappa shape index (κ1) is 28.5. The second-order valence-electron chi connectivity index (χ2n) is 9.26. The van der Waals surface area contributed by atoms with E-state index in [4.69, 9.17) is 9.84 Å². The van der Waals surface area contributed by atoms with Crippen LogP contribution in [-0.4, -0.2) is 70.8 Å². The second kappa shape index (κ2) is 12.0. The first-order valence-corrected chi connectivity index (χ1v) is 11.6. The Bertz CT molecular complexity index is 1390. The number of amides is 2. The van der Waals surface area contributed by atoms with Crippen molar-refractivity contribution in [3.63, 3.8) is 0 Å². The number of aliphatic carboxylic acids is 2. The zero-order valence-electron chi connectivity index (χ0n) is 21.3. The van der Waals surface area contributed by atoms with Crippen LogP contribution in [0.2, 0.25) is 0 Å². The molecule has 6 N–H and O–H groups in total. The Morgan fingerprint density at radius 2 is 1.72 bits per heavy atom. The summed E-state index contributed by atoms with van der Waals surface area (Å²) in [6.07, 6.45) is -0.0145. The number of benzene rings is 1. The van der Waals surface area contributed by atoms with Crippen LogP contribution in [0.3, 0.4) is 0 Å². The van der Waals surface area contributed by atoms with E-state index < -0.39 is 47.9 Å². The number of hydrogen-bond acceptors (Lipinski definition) is 11. The molecule has 1 atom stereocenters. The lowest BCUT2D eigenvalue weighted by molar-refractivity contribution is -0.140. The third-order valence-corrected chi connectivity index (χ3v) is 4.92. The van der Waals surface area contributed by atoms with E-state index in [9.17, 15) is 29.4 Å². The summed E-state index contributed by atoms with van der Waals surface area (Å²) in [5.74, 6) is -3.83. The average Bonchev–Trinajstić information content (AvgIpc) is 2.84. The van der Waals surface area contributed by atoms with Crippen LogP contribution < -0.4 is 16.0 Å².